The van der Waals surface area contributed by atoms with Crippen LogP contribution in [-0.4, -0.2) is 11.0 Å². The minimum absolute atomic E-state index is 0. The Morgan fingerprint density at radius 1 is 1.33 bits per heavy atom. The number of esters is 1. The topological polar surface area (TPSA) is 39.2 Å². The fourth-order valence-electron chi connectivity index (χ4n) is 0.572. The summed E-state index contributed by atoms with van der Waals surface area (Å²) in [7, 11) is 0. The van der Waals surface area contributed by atoms with Gasteiger partial charge in [-0.1, -0.05) is 0 Å². The highest BCUT2D eigenvalue weighted by atomic mass is 35.5. The van der Waals surface area contributed by atoms with Crippen LogP contribution in [0.2, 0.25) is 0 Å². The fraction of sp³-hybridized carbons (Fsp3) is 0.143. The molecule has 68 valence electrons. The van der Waals surface area contributed by atoms with Gasteiger partial charge in [-0.25, -0.2) is 0 Å². The molecule has 0 radical (unpaired) electrons. The number of rotatable bonds is 1. The molecule has 0 aromatic carbocycles. The zero-order chi connectivity index (χ0) is 7.40. The van der Waals surface area contributed by atoms with Crippen molar-refractivity contribution in [2.45, 2.75) is 6.92 Å². The van der Waals surface area contributed by atoms with Crippen molar-refractivity contribution in [3.63, 3.8) is 0 Å². The lowest BCUT2D eigenvalue weighted by atomic mass is 10.4. The zero-order valence-corrected chi connectivity index (χ0v) is 8.02. The van der Waals surface area contributed by atoms with E-state index in [1.54, 1.807) is 24.5 Å². The lowest BCUT2D eigenvalue weighted by molar-refractivity contribution is -0.131. The summed E-state index contributed by atoms with van der Waals surface area (Å²) in [4.78, 5) is 14.1. The van der Waals surface area contributed by atoms with Crippen molar-refractivity contribution < 1.29 is 9.53 Å². The van der Waals surface area contributed by atoms with Gasteiger partial charge in [-0.3, -0.25) is 9.78 Å². The Balaban J connectivity index is 0. The summed E-state index contributed by atoms with van der Waals surface area (Å²) in [6.45, 7) is 1.36. The molecule has 0 atom stereocenters. The third kappa shape index (κ3) is 4.93. The first-order valence-electron chi connectivity index (χ1n) is 2.87. The molecule has 0 aliphatic carbocycles. The van der Waals surface area contributed by atoms with Crippen LogP contribution in [0, 0.1) is 0 Å². The molecule has 0 bridgehead atoms. The van der Waals surface area contributed by atoms with Gasteiger partial charge in [0.25, 0.3) is 0 Å². The Labute approximate surface area is 83.0 Å². The van der Waals surface area contributed by atoms with Gasteiger partial charge >= 0.3 is 5.97 Å². The van der Waals surface area contributed by atoms with Crippen molar-refractivity contribution >= 4 is 30.8 Å². The molecule has 0 unspecified atom stereocenters. The minimum Gasteiger partial charge on any atom is -0.427 e. The number of carbonyl (C=O) groups excluding carboxylic acids is 1. The van der Waals surface area contributed by atoms with Crippen molar-refractivity contribution in [1.29, 1.82) is 0 Å². The maximum absolute atomic E-state index is 10.4. The van der Waals surface area contributed by atoms with Crippen molar-refractivity contribution in [3.8, 4) is 5.75 Å². The van der Waals surface area contributed by atoms with Gasteiger partial charge in [0, 0.05) is 19.3 Å². The number of hydrogen-bond donors (Lipinski definition) is 0. The van der Waals surface area contributed by atoms with Gasteiger partial charge in [-0.05, 0) is 12.1 Å². The molecule has 3 nitrogen and oxygen atoms in total. The molecule has 0 spiro atoms. The van der Waals surface area contributed by atoms with E-state index < -0.39 is 0 Å². The van der Waals surface area contributed by atoms with Crippen LogP contribution in [-0.2, 0) is 4.79 Å². The van der Waals surface area contributed by atoms with E-state index in [9.17, 15) is 4.79 Å². The SMILES string of the molecule is CC(=O)Oc1ccncc1.Cl.Cl. The zero-order valence-electron chi connectivity index (χ0n) is 6.39. The second-order valence-electron chi connectivity index (χ2n) is 1.78. The molecule has 0 saturated carbocycles. The number of pyridine rings is 1. The van der Waals surface area contributed by atoms with Gasteiger partial charge in [0.05, 0.1) is 0 Å². The first-order chi connectivity index (χ1) is 4.79. The van der Waals surface area contributed by atoms with Crippen LogP contribution in [0.3, 0.4) is 0 Å². The summed E-state index contributed by atoms with van der Waals surface area (Å²) in [5.74, 6) is 0.216. The molecular weight excluding hydrogens is 201 g/mol. The lowest BCUT2D eigenvalue weighted by Gasteiger charge is -1.96. The van der Waals surface area contributed by atoms with Crippen LogP contribution >= 0.6 is 24.8 Å². The molecule has 1 aromatic rings. The summed E-state index contributed by atoms with van der Waals surface area (Å²) in [6.07, 6.45) is 3.14. The number of carbonyl (C=O) groups is 1. The van der Waals surface area contributed by atoms with E-state index in [1.165, 1.54) is 6.92 Å². The van der Waals surface area contributed by atoms with Crippen molar-refractivity contribution in [2.75, 3.05) is 0 Å². The van der Waals surface area contributed by atoms with Crippen LogP contribution in [0.25, 0.3) is 0 Å². The second kappa shape index (κ2) is 6.88. The Bertz CT molecular complexity index is 228. The third-order valence-corrected chi connectivity index (χ3v) is 0.911. The molecule has 1 rings (SSSR count). The van der Waals surface area contributed by atoms with Crippen LogP contribution in [0.15, 0.2) is 24.5 Å². The molecule has 5 heteroatoms. The van der Waals surface area contributed by atoms with Crippen molar-refractivity contribution in [2.24, 2.45) is 0 Å². The quantitative estimate of drug-likeness (QED) is 0.664. The average Bonchev–Trinajstić information content (AvgIpc) is 1.88. The van der Waals surface area contributed by atoms with Gasteiger partial charge < -0.3 is 4.74 Å². The first kappa shape index (κ1) is 13.8. The van der Waals surface area contributed by atoms with Gasteiger partial charge in [-0.2, -0.15) is 0 Å². The third-order valence-electron chi connectivity index (χ3n) is 0.911. The molecule has 1 heterocycles. The fourth-order valence-corrected chi connectivity index (χ4v) is 0.572. The van der Waals surface area contributed by atoms with Gasteiger partial charge in [0.2, 0.25) is 0 Å². The first-order valence-corrected chi connectivity index (χ1v) is 2.87. The Morgan fingerprint density at radius 3 is 2.25 bits per heavy atom. The normalized spacial score (nSPS) is 7.42. The molecule has 0 amide bonds. The predicted molar refractivity (Wildman–Crippen MR) is 50.0 cm³/mol. The molecule has 0 saturated heterocycles. The standard InChI is InChI=1S/C7H7NO2.2ClH/c1-6(9)10-7-2-4-8-5-3-7;;/h2-5H,1H3;2*1H. The molecule has 12 heavy (non-hydrogen) atoms. The van der Waals surface area contributed by atoms with E-state index in [-0.39, 0.29) is 30.8 Å². The molecule has 0 N–H and O–H groups in total. The van der Waals surface area contributed by atoms with Gasteiger partial charge in [-0.15, -0.1) is 24.8 Å². The second-order valence-corrected chi connectivity index (χ2v) is 1.78. The maximum Gasteiger partial charge on any atom is 0.308 e. The van der Waals surface area contributed by atoms with E-state index >= 15 is 0 Å². The van der Waals surface area contributed by atoms with E-state index in [1.807, 2.05) is 0 Å². The number of aromatic nitrogens is 1. The van der Waals surface area contributed by atoms with Crippen molar-refractivity contribution in [3.05, 3.63) is 24.5 Å². The van der Waals surface area contributed by atoms with E-state index in [2.05, 4.69) is 4.98 Å². The number of ether oxygens (including phenoxy) is 1. The highest BCUT2D eigenvalue weighted by Crippen LogP contribution is 2.05. The van der Waals surface area contributed by atoms with Crippen LogP contribution in [0.4, 0.5) is 0 Å². The summed E-state index contributed by atoms with van der Waals surface area (Å²) >= 11 is 0. The van der Waals surface area contributed by atoms with Gasteiger partial charge in [0.1, 0.15) is 5.75 Å². The number of hydrogen-bond acceptors (Lipinski definition) is 3. The molecular formula is C7H9Cl2NO2. The lowest BCUT2D eigenvalue weighted by Crippen LogP contribution is -2.00. The molecule has 0 aliphatic rings. The highest BCUT2D eigenvalue weighted by Gasteiger charge is 1.93. The van der Waals surface area contributed by atoms with Crippen LogP contribution in [0.1, 0.15) is 6.92 Å². The summed E-state index contributed by atoms with van der Waals surface area (Å²) in [5, 5.41) is 0. The molecule has 1 aromatic heterocycles. The minimum atomic E-state index is -0.314. The largest absolute Gasteiger partial charge is 0.427 e. The molecule has 0 fully saturated rings. The van der Waals surface area contributed by atoms with E-state index in [0.29, 0.717) is 5.75 Å². The average molecular weight is 210 g/mol. The highest BCUT2D eigenvalue weighted by molar-refractivity contribution is 5.85. The van der Waals surface area contributed by atoms with E-state index in [0.717, 1.165) is 0 Å². The smallest absolute Gasteiger partial charge is 0.308 e. The maximum atomic E-state index is 10.4. The summed E-state index contributed by atoms with van der Waals surface area (Å²) in [6, 6.07) is 3.25. The number of halogens is 2. The van der Waals surface area contributed by atoms with Gasteiger partial charge in [0.15, 0.2) is 0 Å². The van der Waals surface area contributed by atoms with Crippen LogP contribution in [0.5, 0.6) is 5.75 Å². The van der Waals surface area contributed by atoms with Crippen molar-refractivity contribution in [1.82, 2.24) is 4.98 Å². The molecule has 0 aliphatic heterocycles. The Hall–Kier alpha value is -0.800. The summed E-state index contributed by atoms with van der Waals surface area (Å²) < 4.78 is 4.74. The van der Waals surface area contributed by atoms with E-state index in [4.69, 9.17) is 4.74 Å². The monoisotopic (exact) mass is 209 g/mol. The summed E-state index contributed by atoms with van der Waals surface area (Å²) in [5.41, 5.74) is 0. The Kier molecular flexibility index (Phi) is 7.90. The predicted octanol–water partition coefficient (Wildman–Crippen LogP) is 1.85. The van der Waals surface area contributed by atoms with Crippen LogP contribution < -0.4 is 4.74 Å². The Morgan fingerprint density at radius 2 is 1.83 bits per heavy atom. The number of nitrogens with zero attached hydrogens (tertiary/aromatic N) is 1.